The lowest BCUT2D eigenvalue weighted by Gasteiger charge is -2.24. The van der Waals surface area contributed by atoms with Crippen LogP contribution < -0.4 is 9.62 Å². The van der Waals surface area contributed by atoms with Crippen LogP contribution in [-0.4, -0.2) is 27.1 Å². The summed E-state index contributed by atoms with van der Waals surface area (Å²) in [6.07, 6.45) is 1.92. The zero-order valence-corrected chi connectivity index (χ0v) is 18.1. The molecule has 1 N–H and O–H groups in total. The van der Waals surface area contributed by atoms with Crippen LogP contribution in [0.25, 0.3) is 0 Å². The number of carbonyl (C=O) groups is 1. The van der Waals surface area contributed by atoms with Crippen LogP contribution in [0.3, 0.4) is 0 Å². The Morgan fingerprint density at radius 2 is 1.75 bits per heavy atom. The maximum atomic E-state index is 12.4. The second kappa shape index (κ2) is 9.24. The van der Waals surface area contributed by atoms with Gasteiger partial charge in [-0.25, -0.2) is 8.42 Å². The molecule has 0 heterocycles. The molecule has 2 aromatic carbocycles. The molecule has 0 aliphatic rings. The fourth-order valence-corrected chi connectivity index (χ4v) is 4.33. The molecule has 1 atom stereocenters. The fourth-order valence-electron chi connectivity index (χ4n) is 3.31. The molecule has 5 nitrogen and oxygen atoms in total. The van der Waals surface area contributed by atoms with E-state index < -0.39 is 10.0 Å². The standard InChI is InChI=1S/C22H30N2O3S/c1-16-12-13-17(2)20(15-16)19(4)23-22(25)11-8-14-24(28(5,26)27)21-10-7-6-9-18(21)3/h6-7,9-10,12-13,15,19H,8,11,14H2,1-5H3,(H,23,25). The number of nitrogens with one attached hydrogen (secondary N) is 1. The summed E-state index contributed by atoms with van der Waals surface area (Å²) in [6.45, 7) is 8.18. The van der Waals surface area contributed by atoms with Crippen molar-refractivity contribution in [2.45, 2.75) is 46.6 Å². The smallest absolute Gasteiger partial charge is 0.232 e. The molecule has 1 amide bonds. The minimum absolute atomic E-state index is 0.0772. The SMILES string of the molecule is Cc1ccc(C)c(C(C)NC(=O)CCCN(c2ccccc2C)S(C)(=O)=O)c1. The predicted molar refractivity (Wildman–Crippen MR) is 115 cm³/mol. The van der Waals surface area contributed by atoms with Crippen molar-refractivity contribution in [2.24, 2.45) is 0 Å². The topological polar surface area (TPSA) is 66.5 Å². The van der Waals surface area contributed by atoms with Crippen LogP contribution in [0.2, 0.25) is 0 Å². The number of rotatable bonds is 8. The van der Waals surface area contributed by atoms with Gasteiger partial charge in [0.25, 0.3) is 0 Å². The molecule has 0 aliphatic heterocycles. The summed E-state index contributed by atoms with van der Waals surface area (Å²) in [5, 5.41) is 3.02. The molecule has 0 fully saturated rings. The lowest BCUT2D eigenvalue weighted by atomic mass is 10.00. The molecule has 28 heavy (non-hydrogen) atoms. The number of hydrogen-bond donors (Lipinski definition) is 1. The second-order valence-electron chi connectivity index (χ2n) is 7.37. The molecular weight excluding hydrogens is 372 g/mol. The summed E-state index contributed by atoms with van der Waals surface area (Å²) in [7, 11) is -3.41. The molecule has 2 aromatic rings. The largest absolute Gasteiger partial charge is 0.350 e. The van der Waals surface area contributed by atoms with Gasteiger partial charge in [-0.1, -0.05) is 42.0 Å². The number of aryl methyl sites for hydroxylation is 3. The predicted octanol–water partition coefficient (Wildman–Crippen LogP) is 4.04. The van der Waals surface area contributed by atoms with Gasteiger partial charge < -0.3 is 5.32 Å². The van der Waals surface area contributed by atoms with Gasteiger partial charge >= 0.3 is 0 Å². The van der Waals surface area contributed by atoms with E-state index in [2.05, 4.69) is 23.5 Å². The Hall–Kier alpha value is -2.34. The number of nitrogens with zero attached hydrogens (tertiary/aromatic N) is 1. The Labute approximate surface area is 168 Å². The van der Waals surface area contributed by atoms with Crippen molar-refractivity contribution in [2.75, 3.05) is 17.1 Å². The summed E-state index contributed by atoms with van der Waals surface area (Å²) in [6, 6.07) is 13.5. The Kier molecular flexibility index (Phi) is 7.24. The highest BCUT2D eigenvalue weighted by atomic mass is 32.2. The maximum Gasteiger partial charge on any atom is 0.232 e. The first-order valence-electron chi connectivity index (χ1n) is 9.49. The third kappa shape index (κ3) is 5.83. The number of para-hydroxylation sites is 1. The minimum atomic E-state index is -3.41. The molecule has 6 heteroatoms. The van der Waals surface area contributed by atoms with E-state index in [1.807, 2.05) is 45.9 Å². The Balaban J connectivity index is 1.98. The molecule has 152 valence electrons. The third-order valence-electron chi connectivity index (χ3n) is 4.83. The maximum absolute atomic E-state index is 12.4. The van der Waals surface area contributed by atoms with Crippen molar-refractivity contribution in [3.05, 3.63) is 64.7 Å². The van der Waals surface area contributed by atoms with Gasteiger partial charge in [-0.15, -0.1) is 0 Å². The van der Waals surface area contributed by atoms with Crippen LogP contribution in [0.15, 0.2) is 42.5 Å². The van der Waals surface area contributed by atoms with Gasteiger partial charge in [-0.2, -0.15) is 0 Å². The van der Waals surface area contributed by atoms with Crippen molar-refractivity contribution in [3.8, 4) is 0 Å². The average molecular weight is 403 g/mol. The van der Waals surface area contributed by atoms with Crippen LogP contribution in [-0.2, 0) is 14.8 Å². The Bertz CT molecular complexity index is 939. The molecule has 0 radical (unpaired) electrons. The van der Waals surface area contributed by atoms with E-state index in [-0.39, 0.29) is 24.9 Å². The van der Waals surface area contributed by atoms with Crippen molar-refractivity contribution in [1.29, 1.82) is 0 Å². The van der Waals surface area contributed by atoms with Gasteiger partial charge in [-0.3, -0.25) is 9.10 Å². The molecule has 2 rings (SSSR count). The fraction of sp³-hybridized carbons (Fsp3) is 0.409. The van der Waals surface area contributed by atoms with Gasteiger partial charge in [0.05, 0.1) is 18.0 Å². The zero-order chi connectivity index (χ0) is 20.9. The monoisotopic (exact) mass is 402 g/mol. The van der Waals surface area contributed by atoms with Crippen molar-refractivity contribution >= 4 is 21.6 Å². The van der Waals surface area contributed by atoms with Crippen LogP contribution in [0.1, 0.15) is 48.1 Å². The van der Waals surface area contributed by atoms with E-state index in [4.69, 9.17) is 0 Å². The molecule has 0 aliphatic carbocycles. The Morgan fingerprint density at radius 3 is 2.39 bits per heavy atom. The average Bonchev–Trinajstić information content (AvgIpc) is 2.60. The van der Waals surface area contributed by atoms with Crippen LogP contribution in [0.5, 0.6) is 0 Å². The summed E-state index contributed by atoms with van der Waals surface area (Å²) in [4.78, 5) is 12.4. The molecule has 0 bridgehead atoms. The number of amides is 1. The van der Waals surface area contributed by atoms with Crippen LogP contribution in [0.4, 0.5) is 5.69 Å². The number of hydrogen-bond acceptors (Lipinski definition) is 3. The van der Waals surface area contributed by atoms with Gasteiger partial charge in [-0.05, 0) is 56.9 Å². The van der Waals surface area contributed by atoms with Crippen molar-refractivity contribution in [3.63, 3.8) is 0 Å². The number of benzene rings is 2. The lowest BCUT2D eigenvalue weighted by Crippen LogP contribution is -2.33. The molecule has 1 unspecified atom stereocenters. The molecule has 0 aromatic heterocycles. The van der Waals surface area contributed by atoms with Gasteiger partial charge in [0.2, 0.25) is 15.9 Å². The highest BCUT2D eigenvalue weighted by molar-refractivity contribution is 7.92. The summed E-state index contributed by atoms with van der Waals surface area (Å²) in [5.41, 5.74) is 4.95. The van der Waals surface area contributed by atoms with E-state index >= 15 is 0 Å². The zero-order valence-electron chi connectivity index (χ0n) is 17.3. The normalized spacial score (nSPS) is 12.5. The van der Waals surface area contributed by atoms with E-state index in [1.165, 1.54) is 10.6 Å². The summed E-state index contributed by atoms with van der Waals surface area (Å²) < 4.78 is 25.8. The van der Waals surface area contributed by atoms with E-state index in [1.54, 1.807) is 6.07 Å². The highest BCUT2D eigenvalue weighted by Gasteiger charge is 2.19. The van der Waals surface area contributed by atoms with Gasteiger partial charge in [0.15, 0.2) is 0 Å². The molecule has 0 saturated carbocycles. The molecule has 0 spiro atoms. The second-order valence-corrected chi connectivity index (χ2v) is 9.28. The molecule has 0 saturated heterocycles. The third-order valence-corrected chi connectivity index (χ3v) is 6.01. The molecular formula is C22H30N2O3S. The quantitative estimate of drug-likeness (QED) is 0.725. The van der Waals surface area contributed by atoms with Crippen molar-refractivity contribution in [1.82, 2.24) is 5.32 Å². The van der Waals surface area contributed by atoms with Gasteiger partial charge in [0.1, 0.15) is 0 Å². The van der Waals surface area contributed by atoms with Crippen molar-refractivity contribution < 1.29 is 13.2 Å². The summed E-state index contributed by atoms with van der Waals surface area (Å²) in [5.74, 6) is -0.0772. The number of anilines is 1. The van der Waals surface area contributed by atoms with Crippen LogP contribution in [0, 0.1) is 20.8 Å². The minimum Gasteiger partial charge on any atom is -0.350 e. The highest BCUT2D eigenvalue weighted by Crippen LogP contribution is 2.23. The summed E-state index contributed by atoms with van der Waals surface area (Å²) >= 11 is 0. The first-order valence-corrected chi connectivity index (χ1v) is 11.3. The van der Waals surface area contributed by atoms with Gasteiger partial charge in [0, 0.05) is 13.0 Å². The van der Waals surface area contributed by atoms with E-state index in [9.17, 15) is 13.2 Å². The number of carbonyl (C=O) groups excluding carboxylic acids is 1. The van der Waals surface area contributed by atoms with Crippen LogP contribution >= 0.6 is 0 Å². The van der Waals surface area contributed by atoms with E-state index in [0.29, 0.717) is 12.1 Å². The lowest BCUT2D eigenvalue weighted by molar-refractivity contribution is -0.121. The van der Waals surface area contributed by atoms with E-state index in [0.717, 1.165) is 22.3 Å². The number of sulfonamides is 1. The first kappa shape index (κ1) is 22.0. The first-order chi connectivity index (χ1) is 13.1. The Morgan fingerprint density at radius 1 is 1.07 bits per heavy atom.